The summed E-state index contributed by atoms with van der Waals surface area (Å²) in [6, 6.07) is 0. The van der Waals surface area contributed by atoms with Crippen molar-refractivity contribution < 1.29 is 9.47 Å². The number of halogens is 1. The molecule has 0 radical (unpaired) electrons. The minimum atomic E-state index is 0. The SMILES string of the molecule is CCNC(=NCC1COCCO1)N1CCC(c2cnn(C)c2)C1.I. The number of hydrogen-bond acceptors (Lipinski definition) is 4. The van der Waals surface area contributed by atoms with Gasteiger partial charge in [0, 0.05) is 38.8 Å². The molecular weight excluding hydrogens is 421 g/mol. The number of guanidine groups is 1. The minimum Gasteiger partial charge on any atom is -0.376 e. The lowest BCUT2D eigenvalue weighted by Crippen LogP contribution is -2.41. The van der Waals surface area contributed by atoms with E-state index >= 15 is 0 Å². The molecule has 2 aliphatic heterocycles. The Bertz CT molecular complexity index is 530. The maximum absolute atomic E-state index is 5.67. The van der Waals surface area contributed by atoms with Gasteiger partial charge in [-0.1, -0.05) is 0 Å². The van der Waals surface area contributed by atoms with Crippen molar-refractivity contribution in [3.8, 4) is 0 Å². The highest BCUT2D eigenvalue weighted by atomic mass is 127. The lowest BCUT2D eigenvalue weighted by Gasteiger charge is -2.24. The lowest BCUT2D eigenvalue weighted by atomic mass is 10.0. The lowest BCUT2D eigenvalue weighted by molar-refractivity contribution is -0.0833. The van der Waals surface area contributed by atoms with Crippen LogP contribution in [0.2, 0.25) is 0 Å². The summed E-state index contributed by atoms with van der Waals surface area (Å²) in [5.74, 6) is 1.51. The van der Waals surface area contributed by atoms with E-state index in [2.05, 4.69) is 28.4 Å². The van der Waals surface area contributed by atoms with Crippen LogP contribution < -0.4 is 5.32 Å². The monoisotopic (exact) mass is 449 g/mol. The van der Waals surface area contributed by atoms with Crippen molar-refractivity contribution in [1.29, 1.82) is 0 Å². The molecule has 0 aromatic carbocycles. The molecule has 2 unspecified atom stereocenters. The Kier molecular flexibility index (Phi) is 7.76. The van der Waals surface area contributed by atoms with Crippen molar-refractivity contribution in [1.82, 2.24) is 20.0 Å². The zero-order valence-electron chi connectivity index (χ0n) is 14.5. The first-order valence-corrected chi connectivity index (χ1v) is 8.47. The van der Waals surface area contributed by atoms with Crippen molar-refractivity contribution >= 4 is 29.9 Å². The number of nitrogens with zero attached hydrogens (tertiary/aromatic N) is 4. The van der Waals surface area contributed by atoms with E-state index in [-0.39, 0.29) is 30.1 Å². The molecule has 2 aliphatic rings. The fraction of sp³-hybridized carbons (Fsp3) is 0.750. The predicted octanol–water partition coefficient (Wildman–Crippen LogP) is 1.21. The second-order valence-electron chi connectivity index (χ2n) is 6.14. The molecule has 0 bridgehead atoms. The summed E-state index contributed by atoms with van der Waals surface area (Å²) in [6.07, 6.45) is 5.31. The number of nitrogens with one attached hydrogen (secondary N) is 1. The van der Waals surface area contributed by atoms with Gasteiger partial charge in [0.25, 0.3) is 0 Å². The van der Waals surface area contributed by atoms with E-state index in [1.165, 1.54) is 5.56 Å². The molecule has 0 saturated carbocycles. The maximum Gasteiger partial charge on any atom is 0.194 e. The van der Waals surface area contributed by atoms with Gasteiger partial charge in [0.05, 0.1) is 32.6 Å². The summed E-state index contributed by atoms with van der Waals surface area (Å²) in [7, 11) is 1.97. The number of aliphatic imine (C=N–C) groups is 1. The molecule has 1 aromatic heterocycles. The van der Waals surface area contributed by atoms with Crippen LogP contribution in [0.4, 0.5) is 0 Å². The average Bonchev–Trinajstić information content (AvgIpc) is 3.21. The Labute approximate surface area is 160 Å². The summed E-state index contributed by atoms with van der Waals surface area (Å²) in [4.78, 5) is 7.10. The predicted molar refractivity (Wildman–Crippen MR) is 104 cm³/mol. The van der Waals surface area contributed by atoms with Crippen molar-refractivity contribution in [3.63, 3.8) is 0 Å². The third-order valence-electron chi connectivity index (χ3n) is 4.35. The fourth-order valence-corrected chi connectivity index (χ4v) is 3.13. The van der Waals surface area contributed by atoms with Crippen LogP contribution in [-0.2, 0) is 16.5 Å². The van der Waals surface area contributed by atoms with Gasteiger partial charge in [-0.15, -0.1) is 24.0 Å². The van der Waals surface area contributed by atoms with E-state index in [1.807, 2.05) is 17.9 Å². The molecule has 2 saturated heterocycles. The standard InChI is InChI=1S/C16H27N5O2.HI/c1-3-17-16(18-9-15-12-22-6-7-23-15)21-5-4-13(11-21)14-8-19-20(2)10-14;/h8,10,13,15H,3-7,9,11-12H2,1-2H3,(H,17,18);1H. The number of hydrogen-bond donors (Lipinski definition) is 1. The first-order valence-electron chi connectivity index (χ1n) is 8.47. The smallest absolute Gasteiger partial charge is 0.194 e. The van der Waals surface area contributed by atoms with Crippen molar-refractivity contribution in [3.05, 3.63) is 18.0 Å². The van der Waals surface area contributed by atoms with Crippen molar-refractivity contribution in [2.45, 2.75) is 25.4 Å². The third-order valence-corrected chi connectivity index (χ3v) is 4.35. The minimum absolute atomic E-state index is 0. The van der Waals surface area contributed by atoms with Gasteiger partial charge in [0.15, 0.2) is 5.96 Å². The molecular formula is C16H28IN5O2. The van der Waals surface area contributed by atoms with Crippen LogP contribution in [0.5, 0.6) is 0 Å². The maximum atomic E-state index is 5.67. The number of ether oxygens (including phenoxy) is 2. The van der Waals surface area contributed by atoms with Crippen LogP contribution in [0.1, 0.15) is 24.8 Å². The molecule has 136 valence electrons. The van der Waals surface area contributed by atoms with E-state index in [9.17, 15) is 0 Å². The van der Waals surface area contributed by atoms with E-state index in [4.69, 9.17) is 14.5 Å². The Morgan fingerprint density at radius 1 is 1.46 bits per heavy atom. The Morgan fingerprint density at radius 2 is 2.33 bits per heavy atom. The summed E-state index contributed by atoms with van der Waals surface area (Å²) in [5, 5.41) is 7.69. The van der Waals surface area contributed by atoms with Gasteiger partial charge in [0.2, 0.25) is 0 Å². The molecule has 0 spiro atoms. The molecule has 0 aliphatic carbocycles. The quantitative estimate of drug-likeness (QED) is 0.426. The summed E-state index contributed by atoms with van der Waals surface area (Å²) in [6.45, 7) is 7.63. The van der Waals surface area contributed by atoms with Gasteiger partial charge >= 0.3 is 0 Å². The molecule has 3 heterocycles. The molecule has 1 aromatic rings. The first kappa shape index (κ1) is 19.5. The van der Waals surface area contributed by atoms with Gasteiger partial charge in [-0.25, -0.2) is 0 Å². The van der Waals surface area contributed by atoms with Gasteiger partial charge < -0.3 is 19.7 Å². The first-order chi connectivity index (χ1) is 11.3. The largest absolute Gasteiger partial charge is 0.376 e. The normalized spacial score (nSPS) is 24.8. The van der Waals surface area contributed by atoms with Gasteiger partial charge in [-0.05, 0) is 18.9 Å². The molecule has 24 heavy (non-hydrogen) atoms. The molecule has 7 nitrogen and oxygen atoms in total. The van der Waals surface area contributed by atoms with Crippen LogP contribution in [0, 0.1) is 0 Å². The molecule has 3 rings (SSSR count). The van der Waals surface area contributed by atoms with Crippen LogP contribution in [0.25, 0.3) is 0 Å². The van der Waals surface area contributed by atoms with Gasteiger partial charge in [0.1, 0.15) is 6.10 Å². The molecule has 8 heteroatoms. The van der Waals surface area contributed by atoms with Crippen LogP contribution in [0.15, 0.2) is 17.4 Å². The fourth-order valence-electron chi connectivity index (χ4n) is 3.13. The second-order valence-corrected chi connectivity index (χ2v) is 6.14. The molecule has 0 amide bonds. The van der Waals surface area contributed by atoms with Gasteiger partial charge in [-0.2, -0.15) is 5.10 Å². The summed E-state index contributed by atoms with van der Waals surface area (Å²) < 4.78 is 13.0. The Hall–Kier alpha value is -0.870. The topological polar surface area (TPSA) is 63.9 Å². The van der Waals surface area contributed by atoms with Gasteiger partial charge in [-0.3, -0.25) is 9.67 Å². The number of likely N-dealkylation sites (tertiary alicyclic amines) is 1. The highest BCUT2D eigenvalue weighted by Gasteiger charge is 2.27. The summed E-state index contributed by atoms with van der Waals surface area (Å²) in [5.41, 5.74) is 1.31. The van der Waals surface area contributed by atoms with Crippen LogP contribution >= 0.6 is 24.0 Å². The summed E-state index contributed by atoms with van der Waals surface area (Å²) >= 11 is 0. The van der Waals surface area contributed by atoms with Crippen molar-refractivity contribution in [2.24, 2.45) is 12.0 Å². The zero-order chi connectivity index (χ0) is 16.1. The number of rotatable bonds is 4. The molecule has 1 N–H and O–H groups in total. The highest BCUT2D eigenvalue weighted by Crippen LogP contribution is 2.26. The zero-order valence-corrected chi connectivity index (χ0v) is 16.8. The van der Waals surface area contributed by atoms with Crippen LogP contribution in [0.3, 0.4) is 0 Å². The average molecular weight is 449 g/mol. The molecule has 2 fully saturated rings. The number of aryl methyl sites for hydroxylation is 1. The van der Waals surface area contributed by atoms with E-state index in [0.29, 0.717) is 32.3 Å². The Balaban J connectivity index is 0.00000208. The Morgan fingerprint density at radius 3 is 3.00 bits per heavy atom. The molecule has 2 atom stereocenters. The number of aromatic nitrogens is 2. The van der Waals surface area contributed by atoms with E-state index in [0.717, 1.165) is 32.0 Å². The van der Waals surface area contributed by atoms with Crippen molar-refractivity contribution in [2.75, 3.05) is 46.0 Å². The second kappa shape index (κ2) is 9.57. The van der Waals surface area contributed by atoms with E-state index < -0.39 is 0 Å². The third kappa shape index (κ3) is 5.06. The van der Waals surface area contributed by atoms with Crippen LogP contribution in [-0.4, -0.2) is 72.7 Å². The van der Waals surface area contributed by atoms with E-state index in [1.54, 1.807) is 0 Å². The highest BCUT2D eigenvalue weighted by molar-refractivity contribution is 14.0.